The molecule has 0 nitrogen and oxygen atoms in total. The first-order chi connectivity index (χ1) is 24.6. The van der Waals surface area contributed by atoms with Gasteiger partial charge in [-0.15, -0.1) is 6.58 Å². The number of allylic oxidation sites excluding steroid dienone is 9. The first kappa shape index (κ1) is 58.0. The lowest BCUT2D eigenvalue weighted by atomic mass is 10.1. The zero-order chi connectivity index (χ0) is 38.3. The van der Waals surface area contributed by atoms with E-state index in [1.165, 1.54) is 199 Å². The van der Waals surface area contributed by atoms with Crippen molar-refractivity contribution >= 4 is 0 Å². The van der Waals surface area contributed by atoms with Crippen LogP contribution >= 0.6 is 0 Å². The molecule has 0 fully saturated rings. The minimum Gasteiger partial charge on any atom is -0.103 e. The molecule has 0 N–H and O–H groups in total. The Morgan fingerprint density at radius 3 is 0.980 bits per heavy atom. The van der Waals surface area contributed by atoms with Gasteiger partial charge in [0.1, 0.15) is 0 Å². The van der Waals surface area contributed by atoms with Crippen LogP contribution < -0.4 is 0 Å². The van der Waals surface area contributed by atoms with Crippen LogP contribution in [0.15, 0.2) is 61.3 Å². The van der Waals surface area contributed by atoms with Gasteiger partial charge in [0.2, 0.25) is 0 Å². The molecule has 0 heteroatoms. The summed E-state index contributed by atoms with van der Waals surface area (Å²) in [7, 11) is 0. The third-order valence-corrected chi connectivity index (χ3v) is 8.31. The highest BCUT2D eigenvalue weighted by molar-refractivity contribution is 4.81. The van der Waals surface area contributed by atoms with Crippen molar-refractivity contribution in [2.75, 3.05) is 0 Å². The van der Waals surface area contributed by atoms with Crippen LogP contribution in [0.3, 0.4) is 0 Å². The Morgan fingerprint density at radius 1 is 0.280 bits per heavy atom. The SMILES string of the molecule is C=CCCCCCCCC.CC=CCCCCCCC.CCC=CCCCCCC.CCCC=CCCCCC.CCCCC=CCCCC. The van der Waals surface area contributed by atoms with E-state index in [1.807, 2.05) is 6.08 Å². The van der Waals surface area contributed by atoms with Gasteiger partial charge in [-0.1, -0.05) is 232 Å². The Hall–Kier alpha value is -1.30. The Balaban J connectivity index is -0.000000169. The highest BCUT2D eigenvalue weighted by Gasteiger charge is 1.87. The van der Waals surface area contributed by atoms with Crippen molar-refractivity contribution in [1.29, 1.82) is 0 Å². The van der Waals surface area contributed by atoms with Crippen LogP contribution in [0.1, 0.15) is 261 Å². The minimum absolute atomic E-state index is 1.19. The molecule has 0 aliphatic rings. The molecule has 0 unspecified atom stereocenters. The van der Waals surface area contributed by atoms with E-state index in [9.17, 15) is 0 Å². The summed E-state index contributed by atoms with van der Waals surface area (Å²) in [5.41, 5.74) is 0. The molecule has 0 aliphatic carbocycles. The van der Waals surface area contributed by atoms with Crippen molar-refractivity contribution in [2.24, 2.45) is 0 Å². The summed E-state index contributed by atoms with van der Waals surface area (Å²) in [4.78, 5) is 0. The standard InChI is InChI=1S/5C10H20/c5*1-3-5-7-9-10-8-6-4-2/h9-10H,3-8H2,1-2H3;7,9H,3-6,8,10H2,1-2H3;5,7H,3-4,6,8-10H2,1-2H3;3,5H,4,6-10H2,1-2H3;3H,1,4-10H2,2H3. The lowest BCUT2D eigenvalue weighted by Crippen LogP contribution is -1.76. The maximum absolute atomic E-state index is 3.69. The molecule has 0 heterocycles. The smallest absolute Gasteiger partial charge is 0.0351 e. The topological polar surface area (TPSA) is 0 Å². The number of hydrogen-bond acceptors (Lipinski definition) is 0. The summed E-state index contributed by atoms with van der Waals surface area (Å²) in [5, 5.41) is 0. The van der Waals surface area contributed by atoms with Crippen molar-refractivity contribution in [1.82, 2.24) is 0 Å². The van der Waals surface area contributed by atoms with Gasteiger partial charge in [-0.05, 0) is 84.0 Å². The van der Waals surface area contributed by atoms with Crippen LogP contribution in [0.2, 0.25) is 0 Å². The van der Waals surface area contributed by atoms with E-state index in [0.717, 1.165) is 0 Å². The molecular formula is C50H100. The Bertz CT molecular complexity index is 594. The van der Waals surface area contributed by atoms with Gasteiger partial charge in [-0.2, -0.15) is 0 Å². The fourth-order valence-corrected chi connectivity index (χ4v) is 4.87. The summed E-state index contributed by atoms with van der Waals surface area (Å²) < 4.78 is 0. The average Bonchev–Trinajstić information content (AvgIpc) is 3.13. The van der Waals surface area contributed by atoms with Crippen LogP contribution in [0, 0.1) is 0 Å². The van der Waals surface area contributed by atoms with E-state index in [0.29, 0.717) is 0 Å². The molecule has 300 valence electrons. The fourth-order valence-electron chi connectivity index (χ4n) is 4.87. The molecular weight excluding hydrogens is 601 g/mol. The highest BCUT2D eigenvalue weighted by Crippen LogP contribution is 2.07. The molecule has 0 saturated carbocycles. The van der Waals surface area contributed by atoms with E-state index < -0.39 is 0 Å². The molecule has 50 heavy (non-hydrogen) atoms. The zero-order valence-electron chi connectivity index (χ0n) is 36.8. The van der Waals surface area contributed by atoms with Crippen molar-refractivity contribution in [3.8, 4) is 0 Å². The first-order valence-corrected chi connectivity index (χ1v) is 22.7. The van der Waals surface area contributed by atoms with Gasteiger partial charge in [-0.25, -0.2) is 0 Å². The van der Waals surface area contributed by atoms with Crippen molar-refractivity contribution in [3.63, 3.8) is 0 Å². The number of hydrogen-bond donors (Lipinski definition) is 0. The lowest BCUT2D eigenvalue weighted by Gasteiger charge is -1.96. The zero-order valence-corrected chi connectivity index (χ0v) is 36.8. The Morgan fingerprint density at radius 2 is 0.580 bits per heavy atom. The lowest BCUT2D eigenvalue weighted by molar-refractivity contribution is 0.611. The van der Waals surface area contributed by atoms with Gasteiger partial charge in [0, 0.05) is 0 Å². The molecule has 0 radical (unpaired) electrons. The normalized spacial score (nSPS) is 10.7. The van der Waals surface area contributed by atoms with E-state index in [2.05, 4.69) is 118 Å². The molecule has 0 spiro atoms. The highest BCUT2D eigenvalue weighted by atomic mass is 13.9. The van der Waals surface area contributed by atoms with Gasteiger partial charge >= 0.3 is 0 Å². The number of unbranched alkanes of at least 4 members (excludes halogenated alkanes) is 23. The number of rotatable bonds is 31. The Kier molecular flexibility index (Phi) is 80.6. The second-order valence-electron chi connectivity index (χ2n) is 13.9. The summed E-state index contributed by atoms with van der Waals surface area (Å²) in [5.74, 6) is 0. The van der Waals surface area contributed by atoms with E-state index in [1.54, 1.807) is 0 Å². The van der Waals surface area contributed by atoms with Gasteiger partial charge in [0.25, 0.3) is 0 Å². The molecule has 0 aromatic carbocycles. The van der Waals surface area contributed by atoms with Gasteiger partial charge < -0.3 is 0 Å². The average molecular weight is 701 g/mol. The van der Waals surface area contributed by atoms with Crippen molar-refractivity contribution < 1.29 is 0 Å². The Labute approximate surface area is 321 Å². The molecule has 0 atom stereocenters. The molecule has 0 aliphatic heterocycles. The fraction of sp³-hybridized carbons (Fsp3) is 0.800. The predicted molar refractivity (Wildman–Crippen MR) is 241 cm³/mol. The quantitative estimate of drug-likeness (QED) is 0.0499. The molecule has 0 saturated heterocycles. The molecule has 0 aromatic heterocycles. The van der Waals surface area contributed by atoms with Crippen LogP contribution in [0.4, 0.5) is 0 Å². The summed E-state index contributed by atoms with van der Waals surface area (Å²) in [6, 6.07) is 0. The summed E-state index contributed by atoms with van der Waals surface area (Å²) in [6.45, 7) is 23.7. The van der Waals surface area contributed by atoms with Crippen LogP contribution in [-0.2, 0) is 0 Å². The van der Waals surface area contributed by atoms with Gasteiger partial charge in [-0.3, -0.25) is 0 Å². The molecule has 0 bridgehead atoms. The minimum atomic E-state index is 1.19. The third-order valence-electron chi connectivity index (χ3n) is 8.31. The van der Waals surface area contributed by atoms with E-state index in [-0.39, 0.29) is 0 Å². The van der Waals surface area contributed by atoms with Gasteiger partial charge in [0.05, 0.1) is 0 Å². The maximum Gasteiger partial charge on any atom is -0.0351 e. The van der Waals surface area contributed by atoms with Crippen LogP contribution in [0.5, 0.6) is 0 Å². The third kappa shape index (κ3) is 85.9. The van der Waals surface area contributed by atoms with Crippen molar-refractivity contribution in [2.45, 2.75) is 261 Å². The van der Waals surface area contributed by atoms with Crippen LogP contribution in [0.25, 0.3) is 0 Å². The molecule has 0 aromatic rings. The van der Waals surface area contributed by atoms with Gasteiger partial charge in [0.15, 0.2) is 0 Å². The second-order valence-corrected chi connectivity index (χ2v) is 13.9. The monoisotopic (exact) mass is 701 g/mol. The van der Waals surface area contributed by atoms with E-state index in [4.69, 9.17) is 0 Å². The first-order valence-electron chi connectivity index (χ1n) is 22.7. The second kappa shape index (κ2) is 69.5. The van der Waals surface area contributed by atoms with Crippen molar-refractivity contribution in [3.05, 3.63) is 61.3 Å². The van der Waals surface area contributed by atoms with E-state index >= 15 is 0 Å². The maximum atomic E-state index is 3.69. The van der Waals surface area contributed by atoms with Crippen LogP contribution in [-0.4, -0.2) is 0 Å². The predicted octanol–water partition coefficient (Wildman–Crippen LogP) is 19.6. The summed E-state index contributed by atoms with van der Waals surface area (Å²) >= 11 is 0. The summed E-state index contributed by atoms with van der Waals surface area (Å²) in [6.07, 6.45) is 61.8. The molecule has 0 rings (SSSR count). The largest absolute Gasteiger partial charge is 0.103 e. The molecule has 0 amide bonds.